The molecule has 1 N–H and O–H groups in total. The van der Waals surface area contributed by atoms with E-state index in [0.29, 0.717) is 19.3 Å². The maximum atomic E-state index is 12.8. The van der Waals surface area contributed by atoms with Crippen molar-refractivity contribution in [1.82, 2.24) is 0 Å². The van der Waals surface area contributed by atoms with E-state index in [9.17, 15) is 19.5 Å². The number of carbonyl (C=O) groups excluding carboxylic acids is 2. The highest BCUT2D eigenvalue weighted by molar-refractivity contribution is 5.72. The van der Waals surface area contributed by atoms with Gasteiger partial charge in [-0.15, -0.1) is 0 Å². The highest BCUT2D eigenvalue weighted by Crippen LogP contribution is 2.15. The van der Waals surface area contributed by atoms with Crippen molar-refractivity contribution in [3.05, 3.63) is 36.5 Å². The zero-order chi connectivity index (χ0) is 44.2. The fraction of sp³-hybridized carbons (Fsp3) is 0.827. The molecule has 0 radical (unpaired) electrons. The van der Waals surface area contributed by atoms with Crippen LogP contribution in [-0.4, -0.2) is 80.6 Å². The molecule has 0 heterocycles. The number of aliphatic carboxylic acids is 1. The molecule has 0 aliphatic heterocycles. The standard InChI is InChI=1S/C52H95NO7/c1-6-8-10-12-14-16-18-20-22-24-25-26-27-29-31-33-35-37-39-41-43-51(55)60-48(46-58-45-44-49(52(56)57)53(3,4)5)47-59-50(54)42-40-38-36-34-32-30-28-23-21-19-17-15-13-11-9-7-2/h23,25-26,28,30,32,48-49H,6-22,24,27,29,31,33-47H2,1-5H3/p+1/b26-25+,28-23+,32-30+. The van der Waals surface area contributed by atoms with Crippen LogP contribution in [-0.2, 0) is 28.6 Å². The van der Waals surface area contributed by atoms with E-state index in [2.05, 4.69) is 50.3 Å². The van der Waals surface area contributed by atoms with E-state index < -0.39 is 18.1 Å². The van der Waals surface area contributed by atoms with Crippen LogP contribution in [0.5, 0.6) is 0 Å². The summed E-state index contributed by atoms with van der Waals surface area (Å²) in [6.07, 6.45) is 50.5. The monoisotopic (exact) mass is 847 g/mol. The zero-order valence-corrected chi connectivity index (χ0v) is 39.9. The molecule has 8 heteroatoms. The van der Waals surface area contributed by atoms with E-state index in [-0.39, 0.29) is 36.2 Å². The lowest BCUT2D eigenvalue weighted by Crippen LogP contribution is -2.50. The van der Waals surface area contributed by atoms with E-state index in [4.69, 9.17) is 14.2 Å². The Bertz CT molecular complexity index is 1080. The minimum Gasteiger partial charge on any atom is -0.477 e. The van der Waals surface area contributed by atoms with Crippen molar-refractivity contribution in [2.24, 2.45) is 0 Å². The van der Waals surface area contributed by atoms with Crippen molar-refractivity contribution >= 4 is 17.9 Å². The van der Waals surface area contributed by atoms with Crippen molar-refractivity contribution in [3.63, 3.8) is 0 Å². The second-order valence-corrected chi connectivity index (χ2v) is 18.1. The predicted octanol–water partition coefficient (Wildman–Crippen LogP) is 14.2. The first-order valence-electron chi connectivity index (χ1n) is 25.0. The summed E-state index contributed by atoms with van der Waals surface area (Å²) in [5.74, 6) is -1.50. The maximum absolute atomic E-state index is 12.8. The number of carboxylic acid groups (broad SMARTS) is 1. The van der Waals surface area contributed by atoms with Gasteiger partial charge in [0.25, 0.3) is 0 Å². The Morgan fingerprint density at radius 3 is 1.32 bits per heavy atom. The Balaban J connectivity index is 4.30. The highest BCUT2D eigenvalue weighted by atomic mass is 16.6. The van der Waals surface area contributed by atoms with Crippen LogP contribution in [0.1, 0.15) is 226 Å². The summed E-state index contributed by atoms with van der Waals surface area (Å²) in [5, 5.41) is 9.64. The predicted molar refractivity (Wildman–Crippen MR) is 252 cm³/mol. The average molecular weight is 847 g/mol. The molecule has 0 saturated heterocycles. The molecule has 0 aliphatic carbocycles. The van der Waals surface area contributed by atoms with Crippen LogP contribution in [0.25, 0.3) is 0 Å². The summed E-state index contributed by atoms with van der Waals surface area (Å²) in [4.78, 5) is 37.1. The van der Waals surface area contributed by atoms with Crippen molar-refractivity contribution in [1.29, 1.82) is 0 Å². The van der Waals surface area contributed by atoms with E-state index in [0.717, 1.165) is 51.4 Å². The summed E-state index contributed by atoms with van der Waals surface area (Å²) in [5.41, 5.74) is 0. The summed E-state index contributed by atoms with van der Waals surface area (Å²) in [6, 6.07) is -0.619. The Hall–Kier alpha value is -2.45. The van der Waals surface area contributed by atoms with Gasteiger partial charge in [0, 0.05) is 19.3 Å². The van der Waals surface area contributed by atoms with Crippen molar-refractivity contribution in [3.8, 4) is 0 Å². The molecule has 0 fully saturated rings. The lowest BCUT2D eigenvalue weighted by molar-refractivity contribution is -0.887. The molecule has 2 unspecified atom stereocenters. The second kappa shape index (κ2) is 43.2. The summed E-state index contributed by atoms with van der Waals surface area (Å²) in [7, 11) is 5.53. The number of hydrogen-bond acceptors (Lipinski definition) is 6. The number of quaternary nitrogens is 1. The van der Waals surface area contributed by atoms with Crippen LogP contribution in [0.4, 0.5) is 0 Å². The van der Waals surface area contributed by atoms with Crippen LogP contribution in [0.3, 0.4) is 0 Å². The van der Waals surface area contributed by atoms with Crippen LogP contribution in [0.15, 0.2) is 36.5 Å². The van der Waals surface area contributed by atoms with Gasteiger partial charge in [-0.3, -0.25) is 9.59 Å². The number of likely N-dealkylation sites (N-methyl/N-ethyl adjacent to an activating group) is 1. The van der Waals surface area contributed by atoms with Gasteiger partial charge in [-0.25, -0.2) is 4.79 Å². The topological polar surface area (TPSA) is 99.1 Å². The molecule has 0 aliphatic rings. The van der Waals surface area contributed by atoms with Gasteiger partial charge in [-0.1, -0.05) is 179 Å². The molecule has 60 heavy (non-hydrogen) atoms. The molecule has 0 aromatic heterocycles. The minimum absolute atomic E-state index is 0.0524. The van der Waals surface area contributed by atoms with Crippen molar-refractivity contribution in [2.45, 2.75) is 238 Å². The summed E-state index contributed by atoms with van der Waals surface area (Å²) in [6.45, 7) is 4.72. The third-order valence-electron chi connectivity index (χ3n) is 11.3. The smallest absolute Gasteiger partial charge is 0.362 e. The number of ether oxygens (including phenoxy) is 3. The Kier molecular flexibility index (Phi) is 41.4. The SMILES string of the molecule is CCCCCCCCC/C=C/C=C/CCCCCC(=O)OCC(COCCC(C(=O)O)[N+](C)(C)C)OC(=O)CCCCCCCCC/C=C/CCCCCCCCCCC. The normalized spacial score (nSPS) is 13.2. The van der Waals surface area contributed by atoms with Crippen LogP contribution >= 0.6 is 0 Å². The molecule has 0 aromatic carbocycles. The summed E-state index contributed by atoms with van der Waals surface area (Å²) < 4.78 is 17.3. The van der Waals surface area contributed by atoms with Gasteiger partial charge in [0.05, 0.1) is 34.4 Å². The largest absolute Gasteiger partial charge is 0.477 e. The van der Waals surface area contributed by atoms with Gasteiger partial charge in [-0.05, 0) is 64.2 Å². The van der Waals surface area contributed by atoms with E-state index in [1.807, 2.05) is 21.1 Å². The Morgan fingerprint density at radius 1 is 0.500 bits per heavy atom. The van der Waals surface area contributed by atoms with Gasteiger partial charge < -0.3 is 23.8 Å². The molecule has 0 saturated carbocycles. The summed E-state index contributed by atoms with van der Waals surface area (Å²) >= 11 is 0. The molecule has 350 valence electrons. The van der Waals surface area contributed by atoms with E-state index in [1.54, 1.807) is 0 Å². The lowest BCUT2D eigenvalue weighted by Gasteiger charge is -2.31. The molecule has 0 aromatic rings. The van der Waals surface area contributed by atoms with Crippen LogP contribution in [0.2, 0.25) is 0 Å². The molecule has 0 amide bonds. The molecule has 0 bridgehead atoms. The van der Waals surface area contributed by atoms with Gasteiger partial charge in [-0.2, -0.15) is 0 Å². The molecule has 0 spiro atoms. The van der Waals surface area contributed by atoms with Crippen molar-refractivity contribution in [2.75, 3.05) is 41.0 Å². The molecule has 8 nitrogen and oxygen atoms in total. The first-order chi connectivity index (χ1) is 29.1. The zero-order valence-electron chi connectivity index (χ0n) is 39.9. The number of rotatable bonds is 45. The quantitative estimate of drug-likeness (QED) is 0.0214. The lowest BCUT2D eigenvalue weighted by atomic mass is 10.1. The van der Waals surface area contributed by atoms with Gasteiger partial charge in [0.2, 0.25) is 0 Å². The molecule has 0 rings (SSSR count). The van der Waals surface area contributed by atoms with Crippen molar-refractivity contribution < 1.29 is 38.2 Å². The number of hydrogen-bond donors (Lipinski definition) is 1. The Labute approximate surface area is 370 Å². The Morgan fingerprint density at radius 2 is 0.883 bits per heavy atom. The van der Waals surface area contributed by atoms with Crippen LogP contribution in [0, 0.1) is 0 Å². The number of nitrogens with zero attached hydrogens (tertiary/aromatic N) is 1. The number of carbonyl (C=O) groups is 3. The van der Waals surface area contributed by atoms with Crippen LogP contribution < -0.4 is 0 Å². The fourth-order valence-electron chi connectivity index (χ4n) is 7.37. The first kappa shape index (κ1) is 57.5. The van der Waals surface area contributed by atoms with Gasteiger partial charge in [0.15, 0.2) is 12.1 Å². The maximum Gasteiger partial charge on any atom is 0.362 e. The molecule has 2 atom stereocenters. The van der Waals surface area contributed by atoms with E-state index >= 15 is 0 Å². The first-order valence-corrected chi connectivity index (χ1v) is 25.0. The molecular weight excluding hydrogens is 751 g/mol. The average Bonchev–Trinajstić information content (AvgIpc) is 3.21. The number of esters is 2. The minimum atomic E-state index is -0.878. The second-order valence-electron chi connectivity index (χ2n) is 18.1. The van der Waals surface area contributed by atoms with Gasteiger partial charge in [0.1, 0.15) is 6.61 Å². The number of carboxylic acids is 1. The fourth-order valence-corrected chi connectivity index (χ4v) is 7.37. The highest BCUT2D eigenvalue weighted by Gasteiger charge is 2.31. The third kappa shape index (κ3) is 40.9. The number of unbranched alkanes of at least 4 members (excludes halogenated alkanes) is 26. The van der Waals surface area contributed by atoms with E-state index in [1.165, 1.54) is 141 Å². The molecular formula is C52H96NO7+. The van der Waals surface area contributed by atoms with Gasteiger partial charge >= 0.3 is 17.9 Å². The number of allylic oxidation sites excluding steroid dienone is 6. The third-order valence-corrected chi connectivity index (χ3v) is 11.3.